The first kappa shape index (κ1) is 11.7. The van der Waals surface area contributed by atoms with E-state index in [9.17, 15) is 4.79 Å². The lowest BCUT2D eigenvalue weighted by Gasteiger charge is -2.40. The van der Waals surface area contributed by atoms with Gasteiger partial charge in [-0.3, -0.25) is 0 Å². The summed E-state index contributed by atoms with van der Waals surface area (Å²) in [5.41, 5.74) is -0.940. The Hall–Kier alpha value is -0.420. The van der Waals surface area contributed by atoms with Crippen molar-refractivity contribution in [3.63, 3.8) is 0 Å². The highest BCUT2D eigenvalue weighted by atomic mass is 32.2. The zero-order valence-corrected chi connectivity index (χ0v) is 9.61. The minimum absolute atomic E-state index is 0.0285. The van der Waals surface area contributed by atoms with Crippen LogP contribution in [0.3, 0.4) is 0 Å². The number of thioether (sulfide) groups is 1. The Bertz CT molecular complexity index is 215. The summed E-state index contributed by atoms with van der Waals surface area (Å²) in [5, 5.41) is 11.8. The summed E-state index contributed by atoms with van der Waals surface area (Å²) in [6.07, 6.45) is -0.452. The average molecular weight is 219 g/mol. The first-order valence-electron chi connectivity index (χ1n) is 4.57. The van der Waals surface area contributed by atoms with Crippen molar-refractivity contribution in [1.29, 1.82) is 0 Å². The summed E-state index contributed by atoms with van der Waals surface area (Å²) in [5.74, 6) is 1.51. The third kappa shape index (κ3) is 3.06. The van der Waals surface area contributed by atoms with E-state index >= 15 is 0 Å². The van der Waals surface area contributed by atoms with Crippen LogP contribution in [0.5, 0.6) is 0 Å². The summed E-state index contributed by atoms with van der Waals surface area (Å²) in [6, 6.07) is 0. The van der Waals surface area contributed by atoms with E-state index in [1.165, 1.54) is 0 Å². The van der Waals surface area contributed by atoms with Gasteiger partial charge < -0.3 is 15.2 Å². The molecular weight excluding hydrogens is 202 g/mol. The summed E-state index contributed by atoms with van der Waals surface area (Å²) < 4.78 is 5.10. The van der Waals surface area contributed by atoms with Gasteiger partial charge in [-0.05, 0) is 20.8 Å². The van der Waals surface area contributed by atoms with E-state index in [-0.39, 0.29) is 6.61 Å². The van der Waals surface area contributed by atoms with E-state index in [0.717, 1.165) is 11.5 Å². The smallest absolute Gasteiger partial charge is 0.408 e. The molecule has 0 aromatic rings. The summed E-state index contributed by atoms with van der Waals surface area (Å²) in [4.78, 5) is 11.4. The third-order valence-corrected chi connectivity index (χ3v) is 3.34. The number of rotatable bonds is 2. The summed E-state index contributed by atoms with van der Waals surface area (Å²) >= 11 is 1.70. The van der Waals surface area contributed by atoms with Crippen molar-refractivity contribution < 1.29 is 14.6 Å². The minimum atomic E-state index is -0.488. The molecule has 0 unspecified atom stereocenters. The molecule has 0 saturated carbocycles. The van der Waals surface area contributed by atoms with Gasteiger partial charge in [-0.1, -0.05) is 0 Å². The Morgan fingerprint density at radius 2 is 2.14 bits per heavy atom. The van der Waals surface area contributed by atoms with Crippen molar-refractivity contribution in [3.8, 4) is 0 Å². The molecule has 82 valence electrons. The number of aliphatic hydroxyl groups is 1. The lowest BCUT2D eigenvalue weighted by Crippen LogP contribution is -2.61. The van der Waals surface area contributed by atoms with E-state index in [1.54, 1.807) is 11.8 Å². The lowest BCUT2D eigenvalue weighted by molar-refractivity contribution is 0.0430. The first-order chi connectivity index (χ1) is 6.37. The molecule has 4 nitrogen and oxygen atoms in total. The number of carbonyl (C=O) groups excluding carboxylic acids is 1. The Kier molecular flexibility index (Phi) is 3.32. The van der Waals surface area contributed by atoms with Gasteiger partial charge in [0.15, 0.2) is 0 Å². The topological polar surface area (TPSA) is 58.6 Å². The molecule has 1 saturated heterocycles. The molecule has 0 spiro atoms. The first-order valence-corrected chi connectivity index (χ1v) is 5.72. The Morgan fingerprint density at radius 3 is 2.43 bits per heavy atom. The van der Waals surface area contributed by atoms with Crippen LogP contribution in [0.4, 0.5) is 4.79 Å². The standard InChI is InChI=1S/C9H17NO3S/c1-8(2,3)13-7(12)10-9(4-11)5-14-6-9/h11H,4-6H2,1-3H3,(H,10,12). The fourth-order valence-corrected chi connectivity index (χ4v) is 2.10. The van der Waals surface area contributed by atoms with Crippen LogP contribution in [-0.2, 0) is 4.74 Å². The van der Waals surface area contributed by atoms with Gasteiger partial charge in [0.25, 0.3) is 0 Å². The minimum Gasteiger partial charge on any atom is -0.444 e. The molecule has 5 heteroatoms. The van der Waals surface area contributed by atoms with Crippen LogP contribution in [0.15, 0.2) is 0 Å². The molecule has 0 bridgehead atoms. The van der Waals surface area contributed by atoms with Gasteiger partial charge in [0.1, 0.15) is 5.60 Å². The van der Waals surface area contributed by atoms with Gasteiger partial charge in [-0.15, -0.1) is 0 Å². The molecule has 1 rings (SSSR count). The summed E-state index contributed by atoms with van der Waals surface area (Å²) in [7, 11) is 0. The van der Waals surface area contributed by atoms with Crippen molar-refractivity contribution in [2.24, 2.45) is 0 Å². The fraction of sp³-hybridized carbons (Fsp3) is 0.889. The molecule has 0 aliphatic carbocycles. The highest BCUT2D eigenvalue weighted by Crippen LogP contribution is 2.29. The molecule has 0 radical (unpaired) electrons. The SMILES string of the molecule is CC(C)(C)OC(=O)NC1(CO)CSC1. The molecule has 1 amide bonds. The Labute approximate surface area is 88.4 Å². The van der Waals surface area contributed by atoms with Crippen LogP contribution in [-0.4, -0.2) is 40.5 Å². The second-order valence-electron chi connectivity index (χ2n) is 4.56. The lowest BCUT2D eigenvalue weighted by atomic mass is 10.1. The van der Waals surface area contributed by atoms with E-state index < -0.39 is 17.2 Å². The van der Waals surface area contributed by atoms with Crippen molar-refractivity contribution in [2.75, 3.05) is 18.1 Å². The van der Waals surface area contributed by atoms with E-state index in [0.29, 0.717) is 0 Å². The normalized spacial score (nSPS) is 19.7. The quantitative estimate of drug-likeness (QED) is 0.727. The van der Waals surface area contributed by atoms with E-state index in [4.69, 9.17) is 9.84 Å². The largest absolute Gasteiger partial charge is 0.444 e. The molecule has 1 aliphatic heterocycles. The third-order valence-electron chi connectivity index (χ3n) is 1.83. The van der Waals surface area contributed by atoms with Crippen molar-refractivity contribution >= 4 is 17.9 Å². The predicted molar refractivity (Wildman–Crippen MR) is 56.5 cm³/mol. The van der Waals surface area contributed by atoms with Crippen LogP contribution in [0.1, 0.15) is 20.8 Å². The Morgan fingerprint density at radius 1 is 1.57 bits per heavy atom. The maximum absolute atomic E-state index is 11.4. The van der Waals surface area contributed by atoms with Crippen molar-refractivity contribution in [2.45, 2.75) is 31.9 Å². The number of hydrogen-bond acceptors (Lipinski definition) is 4. The molecule has 0 aromatic heterocycles. The van der Waals surface area contributed by atoms with E-state index in [1.807, 2.05) is 20.8 Å². The molecule has 1 heterocycles. The highest BCUT2D eigenvalue weighted by molar-refractivity contribution is 8.00. The predicted octanol–water partition coefficient (Wildman–Crippen LogP) is 0.989. The number of aliphatic hydroxyl groups excluding tert-OH is 1. The maximum Gasteiger partial charge on any atom is 0.408 e. The summed E-state index contributed by atoms with van der Waals surface area (Å²) in [6.45, 7) is 5.41. The molecule has 1 aliphatic rings. The van der Waals surface area contributed by atoms with Crippen LogP contribution in [0.2, 0.25) is 0 Å². The van der Waals surface area contributed by atoms with Gasteiger partial charge >= 0.3 is 6.09 Å². The van der Waals surface area contributed by atoms with Crippen LogP contribution < -0.4 is 5.32 Å². The molecule has 0 aromatic carbocycles. The van der Waals surface area contributed by atoms with Crippen molar-refractivity contribution in [3.05, 3.63) is 0 Å². The molecule has 0 atom stereocenters. The fourth-order valence-electron chi connectivity index (χ4n) is 1.07. The van der Waals surface area contributed by atoms with Gasteiger partial charge in [-0.25, -0.2) is 4.79 Å². The number of nitrogens with one attached hydrogen (secondary N) is 1. The number of carbonyl (C=O) groups is 1. The molecule has 1 fully saturated rings. The second-order valence-corrected chi connectivity index (χ2v) is 5.54. The maximum atomic E-state index is 11.4. The van der Waals surface area contributed by atoms with Gasteiger partial charge in [0.2, 0.25) is 0 Å². The number of hydrogen-bond donors (Lipinski definition) is 2. The average Bonchev–Trinajstić information content (AvgIpc) is 1.93. The molecular formula is C9H17NO3S. The monoisotopic (exact) mass is 219 g/mol. The Balaban J connectivity index is 2.40. The van der Waals surface area contributed by atoms with Gasteiger partial charge in [0.05, 0.1) is 12.1 Å². The molecule has 2 N–H and O–H groups in total. The van der Waals surface area contributed by atoms with Gasteiger partial charge in [-0.2, -0.15) is 11.8 Å². The molecule has 14 heavy (non-hydrogen) atoms. The van der Waals surface area contributed by atoms with Gasteiger partial charge in [0, 0.05) is 11.5 Å². The number of amides is 1. The zero-order chi connectivity index (χ0) is 10.8. The highest BCUT2D eigenvalue weighted by Gasteiger charge is 2.39. The van der Waals surface area contributed by atoms with Crippen molar-refractivity contribution in [1.82, 2.24) is 5.32 Å². The number of alkyl carbamates (subject to hydrolysis) is 1. The van der Waals surface area contributed by atoms with Crippen LogP contribution >= 0.6 is 11.8 Å². The number of ether oxygens (including phenoxy) is 1. The van der Waals surface area contributed by atoms with E-state index in [2.05, 4.69) is 5.32 Å². The van der Waals surface area contributed by atoms with Crippen LogP contribution in [0.25, 0.3) is 0 Å². The zero-order valence-electron chi connectivity index (χ0n) is 8.79. The second kappa shape index (κ2) is 3.98. The van der Waals surface area contributed by atoms with Crippen LogP contribution in [0, 0.1) is 0 Å².